The van der Waals surface area contributed by atoms with Crippen LogP contribution in [0.4, 0.5) is 0 Å². The van der Waals surface area contributed by atoms with Gasteiger partial charge >= 0.3 is 0 Å². The van der Waals surface area contributed by atoms with E-state index in [-0.39, 0.29) is 0 Å². The van der Waals surface area contributed by atoms with E-state index in [1.54, 1.807) is 0 Å². The summed E-state index contributed by atoms with van der Waals surface area (Å²) < 4.78 is 0. The largest absolute Gasteiger partial charge is 0.330 e. The van der Waals surface area contributed by atoms with Gasteiger partial charge in [0.15, 0.2) is 0 Å². The maximum absolute atomic E-state index is 5.50. The summed E-state index contributed by atoms with van der Waals surface area (Å²) in [5.74, 6) is 1.92. The molecule has 0 aliphatic heterocycles. The second-order valence-electron chi connectivity index (χ2n) is 3.72. The monoisotopic (exact) mass is 141 g/mol. The molecule has 0 amide bonds. The SMILES string of the molecule is C[C@H]1CCC[C@@H](CCN)C1. The molecule has 0 heterocycles. The second-order valence-corrected chi connectivity index (χ2v) is 3.72. The van der Waals surface area contributed by atoms with Crippen LogP contribution in [-0.4, -0.2) is 6.54 Å². The Labute approximate surface area is 64.0 Å². The number of rotatable bonds is 2. The van der Waals surface area contributed by atoms with Crippen molar-refractivity contribution in [2.45, 2.75) is 39.0 Å². The van der Waals surface area contributed by atoms with Crippen LogP contribution in [0, 0.1) is 11.8 Å². The maximum atomic E-state index is 5.50. The Morgan fingerprint density at radius 3 is 2.80 bits per heavy atom. The van der Waals surface area contributed by atoms with E-state index >= 15 is 0 Å². The summed E-state index contributed by atoms with van der Waals surface area (Å²) in [6.07, 6.45) is 7.00. The van der Waals surface area contributed by atoms with E-state index in [9.17, 15) is 0 Å². The zero-order chi connectivity index (χ0) is 7.40. The van der Waals surface area contributed by atoms with Gasteiger partial charge in [0.25, 0.3) is 0 Å². The standard InChI is InChI=1S/C9H19N/c1-8-3-2-4-9(7-8)5-6-10/h8-9H,2-7,10H2,1H3/t8-,9-/m0/s1. The number of hydrogen-bond donors (Lipinski definition) is 1. The highest BCUT2D eigenvalue weighted by Gasteiger charge is 2.17. The molecule has 1 saturated carbocycles. The lowest BCUT2D eigenvalue weighted by Gasteiger charge is -2.25. The van der Waals surface area contributed by atoms with Crippen molar-refractivity contribution in [2.24, 2.45) is 17.6 Å². The minimum atomic E-state index is 0.886. The van der Waals surface area contributed by atoms with Crippen LogP contribution in [0.15, 0.2) is 0 Å². The second kappa shape index (κ2) is 3.97. The molecule has 2 atom stereocenters. The van der Waals surface area contributed by atoms with Crippen molar-refractivity contribution in [1.29, 1.82) is 0 Å². The summed E-state index contributed by atoms with van der Waals surface area (Å²) in [6.45, 7) is 3.25. The molecule has 0 spiro atoms. The fourth-order valence-electron chi connectivity index (χ4n) is 2.06. The van der Waals surface area contributed by atoms with Gasteiger partial charge < -0.3 is 5.73 Å². The van der Waals surface area contributed by atoms with E-state index in [4.69, 9.17) is 5.73 Å². The van der Waals surface area contributed by atoms with Gasteiger partial charge in [0.1, 0.15) is 0 Å². The normalized spacial score (nSPS) is 34.2. The molecule has 0 saturated heterocycles. The van der Waals surface area contributed by atoms with Crippen molar-refractivity contribution in [3.8, 4) is 0 Å². The molecule has 2 N–H and O–H groups in total. The van der Waals surface area contributed by atoms with E-state index in [0.717, 1.165) is 18.4 Å². The molecule has 1 heteroatoms. The highest BCUT2D eigenvalue weighted by Crippen LogP contribution is 2.29. The van der Waals surface area contributed by atoms with Crippen molar-refractivity contribution in [3.05, 3.63) is 0 Å². The average Bonchev–Trinajstić information content (AvgIpc) is 1.88. The third kappa shape index (κ3) is 2.30. The van der Waals surface area contributed by atoms with Crippen molar-refractivity contribution in [1.82, 2.24) is 0 Å². The Kier molecular flexibility index (Phi) is 3.20. The predicted octanol–water partition coefficient (Wildman–Crippen LogP) is 2.16. The molecule has 60 valence electrons. The fourth-order valence-corrected chi connectivity index (χ4v) is 2.06. The van der Waals surface area contributed by atoms with E-state index < -0.39 is 0 Å². The Bertz CT molecular complexity index is 88.7. The van der Waals surface area contributed by atoms with Crippen LogP contribution in [0.5, 0.6) is 0 Å². The quantitative estimate of drug-likeness (QED) is 0.626. The summed E-state index contributed by atoms with van der Waals surface area (Å²) in [7, 11) is 0. The van der Waals surface area contributed by atoms with Gasteiger partial charge in [-0.1, -0.05) is 26.2 Å². The minimum absolute atomic E-state index is 0.886. The van der Waals surface area contributed by atoms with Crippen LogP contribution in [0.2, 0.25) is 0 Å². The van der Waals surface area contributed by atoms with E-state index in [1.165, 1.54) is 32.1 Å². The molecule has 1 nitrogen and oxygen atoms in total. The first-order chi connectivity index (χ1) is 4.83. The average molecular weight is 141 g/mol. The van der Waals surface area contributed by atoms with Gasteiger partial charge in [-0.3, -0.25) is 0 Å². The van der Waals surface area contributed by atoms with E-state index in [0.29, 0.717) is 0 Å². The lowest BCUT2D eigenvalue weighted by molar-refractivity contribution is 0.272. The van der Waals surface area contributed by atoms with Crippen LogP contribution in [0.25, 0.3) is 0 Å². The Hall–Kier alpha value is -0.0400. The highest BCUT2D eigenvalue weighted by molar-refractivity contribution is 4.70. The summed E-state index contributed by atoms with van der Waals surface area (Å²) in [6, 6.07) is 0. The molecule has 1 aliphatic carbocycles. The van der Waals surface area contributed by atoms with Crippen LogP contribution in [-0.2, 0) is 0 Å². The maximum Gasteiger partial charge on any atom is -0.00746 e. The molecule has 0 aromatic carbocycles. The van der Waals surface area contributed by atoms with Gasteiger partial charge in [-0.2, -0.15) is 0 Å². The number of hydrogen-bond acceptors (Lipinski definition) is 1. The Morgan fingerprint density at radius 2 is 2.20 bits per heavy atom. The minimum Gasteiger partial charge on any atom is -0.330 e. The molecule has 0 radical (unpaired) electrons. The topological polar surface area (TPSA) is 26.0 Å². The third-order valence-corrected chi connectivity index (χ3v) is 2.62. The zero-order valence-corrected chi connectivity index (χ0v) is 6.97. The van der Waals surface area contributed by atoms with Gasteiger partial charge in [-0.15, -0.1) is 0 Å². The first-order valence-electron chi connectivity index (χ1n) is 4.53. The van der Waals surface area contributed by atoms with Crippen molar-refractivity contribution in [2.75, 3.05) is 6.54 Å². The summed E-state index contributed by atoms with van der Waals surface area (Å²) in [5.41, 5.74) is 5.50. The van der Waals surface area contributed by atoms with Gasteiger partial charge in [-0.25, -0.2) is 0 Å². The summed E-state index contributed by atoms with van der Waals surface area (Å²) in [5, 5.41) is 0. The summed E-state index contributed by atoms with van der Waals surface area (Å²) >= 11 is 0. The van der Waals surface area contributed by atoms with E-state index in [2.05, 4.69) is 6.92 Å². The van der Waals surface area contributed by atoms with Crippen LogP contribution in [0.1, 0.15) is 39.0 Å². The van der Waals surface area contributed by atoms with Crippen molar-refractivity contribution < 1.29 is 0 Å². The molecular formula is C9H19N. The van der Waals surface area contributed by atoms with Gasteiger partial charge in [-0.05, 0) is 31.2 Å². The zero-order valence-electron chi connectivity index (χ0n) is 6.97. The van der Waals surface area contributed by atoms with E-state index in [1.807, 2.05) is 0 Å². The Balaban J connectivity index is 2.18. The first-order valence-corrected chi connectivity index (χ1v) is 4.53. The lowest BCUT2D eigenvalue weighted by atomic mass is 9.81. The summed E-state index contributed by atoms with van der Waals surface area (Å²) in [4.78, 5) is 0. The Morgan fingerprint density at radius 1 is 1.40 bits per heavy atom. The molecule has 1 rings (SSSR count). The number of nitrogens with two attached hydrogens (primary N) is 1. The van der Waals surface area contributed by atoms with Gasteiger partial charge in [0.2, 0.25) is 0 Å². The molecule has 1 aliphatic rings. The molecule has 10 heavy (non-hydrogen) atoms. The molecule has 0 aromatic rings. The molecule has 0 aromatic heterocycles. The fraction of sp³-hybridized carbons (Fsp3) is 1.00. The van der Waals surface area contributed by atoms with Gasteiger partial charge in [0.05, 0.1) is 0 Å². The van der Waals surface area contributed by atoms with Crippen molar-refractivity contribution >= 4 is 0 Å². The molecular weight excluding hydrogens is 122 g/mol. The smallest absolute Gasteiger partial charge is 0.00746 e. The lowest BCUT2D eigenvalue weighted by Crippen LogP contribution is -2.16. The molecule has 0 unspecified atom stereocenters. The van der Waals surface area contributed by atoms with Crippen LogP contribution in [0.3, 0.4) is 0 Å². The third-order valence-electron chi connectivity index (χ3n) is 2.62. The highest BCUT2D eigenvalue weighted by atomic mass is 14.5. The van der Waals surface area contributed by atoms with Crippen molar-refractivity contribution in [3.63, 3.8) is 0 Å². The molecule has 0 bridgehead atoms. The van der Waals surface area contributed by atoms with Crippen LogP contribution >= 0.6 is 0 Å². The van der Waals surface area contributed by atoms with Gasteiger partial charge in [0, 0.05) is 0 Å². The predicted molar refractivity (Wildman–Crippen MR) is 44.8 cm³/mol. The van der Waals surface area contributed by atoms with Crippen LogP contribution < -0.4 is 5.73 Å². The first kappa shape index (κ1) is 8.06. The molecule has 1 fully saturated rings.